The first kappa shape index (κ1) is 15.6. The molecule has 2 N–H and O–H groups in total. The molecule has 0 bridgehead atoms. The van der Waals surface area contributed by atoms with E-state index in [0.29, 0.717) is 0 Å². The Labute approximate surface area is 127 Å². The van der Waals surface area contributed by atoms with Crippen LogP contribution in [-0.2, 0) is 5.41 Å². The second kappa shape index (κ2) is 5.90. The van der Waals surface area contributed by atoms with Crippen LogP contribution in [0.15, 0.2) is 42.5 Å². The van der Waals surface area contributed by atoms with Gasteiger partial charge in [0, 0.05) is 11.6 Å². The molecule has 0 amide bonds. The molecular formula is C19H25NO. The second-order valence-corrected chi connectivity index (χ2v) is 6.71. The van der Waals surface area contributed by atoms with Crippen molar-refractivity contribution in [1.29, 1.82) is 0 Å². The lowest BCUT2D eigenvalue weighted by Crippen LogP contribution is -2.12. The highest BCUT2D eigenvalue weighted by Crippen LogP contribution is 2.35. The average molecular weight is 283 g/mol. The van der Waals surface area contributed by atoms with Crippen LogP contribution in [-0.4, -0.2) is 0 Å². The summed E-state index contributed by atoms with van der Waals surface area (Å²) in [6.07, 6.45) is 0. The summed E-state index contributed by atoms with van der Waals surface area (Å²) in [6, 6.07) is 14.4. The first-order valence-electron chi connectivity index (χ1n) is 7.42. The lowest BCUT2D eigenvalue weighted by atomic mass is 9.86. The van der Waals surface area contributed by atoms with Crippen molar-refractivity contribution in [3.8, 4) is 11.5 Å². The predicted molar refractivity (Wildman–Crippen MR) is 89.0 cm³/mol. The standard InChI is InChI=1S/C19H25NO/c1-13-9-10-17(19(3,4)5)18(11-13)21-16-8-6-7-15(12-16)14(2)20/h6-12,14H,20H2,1-5H3. The minimum absolute atomic E-state index is 0.00754. The Bertz CT molecular complexity index is 624. The summed E-state index contributed by atoms with van der Waals surface area (Å²) in [5.74, 6) is 1.75. The number of benzene rings is 2. The lowest BCUT2D eigenvalue weighted by molar-refractivity contribution is 0.454. The summed E-state index contributed by atoms with van der Waals surface area (Å²) in [5.41, 5.74) is 9.47. The molecule has 21 heavy (non-hydrogen) atoms. The van der Waals surface area contributed by atoms with Crippen LogP contribution >= 0.6 is 0 Å². The van der Waals surface area contributed by atoms with Gasteiger partial charge in [0.05, 0.1) is 0 Å². The van der Waals surface area contributed by atoms with E-state index in [1.807, 2.05) is 31.2 Å². The largest absolute Gasteiger partial charge is 0.457 e. The molecule has 112 valence electrons. The van der Waals surface area contributed by atoms with Crippen LogP contribution in [0, 0.1) is 6.92 Å². The number of hydrogen-bond donors (Lipinski definition) is 1. The van der Waals surface area contributed by atoms with Crippen molar-refractivity contribution in [3.63, 3.8) is 0 Å². The molecule has 0 heterocycles. The van der Waals surface area contributed by atoms with Crippen molar-refractivity contribution in [2.75, 3.05) is 0 Å². The van der Waals surface area contributed by atoms with Crippen molar-refractivity contribution in [1.82, 2.24) is 0 Å². The summed E-state index contributed by atoms with van der Waals surface area (Å²) >= 11 is 0. The number of aryl methyl sites for hydroxylation is 1. The van der Waals surface area contributed by atoms with Crippen LogP contribution in [0.2, 0.25) is 0 Å². The molecule has 0 aliphatic rings. The Morgan fingerprint density at radius 2 is 1.76 bits per heavy atom. The molecule has 2 heteroatoms. The van der Waals surface area contributed by atoms with Gasteiger partial charge in [-0.2, -0.15) is 0 Å². The van der Waals surface area contributed by atoms with E-state index in [1.165, 1.54) is 11.1 Å². The molecule has 0 spiro atoms. The predicted octanol–water partition coefficient (Wildman–Crippen LogP) is 5.10. The van der Waals surface area contributed by atoms with E-state index in [9.17, 15) is 0 Å². The van der Waals surface area contributed by atoms with Crippen molar-refractivity contribution < 1.29 is 4.74 Å². The van der Waals surface area contributed by atoms with Crippen LogP contribution in [0.25, 0.3) is 0 Å². The van der Waals surface area contributed by atoms with Crippen molar-refractivity contribution in [3.05, 3.63) is 59.2 Å². The van der Waals surface area contributed by atoms with Crippen LogP contribution in [0.1, 0.15) is 50.4 Å². The molecule has 0 aromatic heterocycles. The molecule has 0 saturated heterocycles. The topological polar surface area (TPSA) is 35.2 Å². The van der Waals surface area contributed by atoms with E-state index in [4.69, 9.17) is 10.5 Å². The van der Waals surface area contributed by atoms with E-state index in [-0.39, 0.29) is 11.5 Å². The second-order valence-electron chi connectivity index (χ2n) is 6.71. The minimum atomic E-state index is 0.00754. The van der Waals surface area contributed by atoms with E-state index in [0.717, 1.165) is 17.1 Å². The summed E-state index contributed by atoms with van der Waals surface area (Å²) < 4.78 is 6.15. The van der Waals surface area contributed by atoms with Gasteiger partial charge in [0.25, 0.3) is 0 Å². The Balaban J connectivity index is 2.39. The van der Waals surface area contributed by atoms with E-state index in [2.05, 4.69) is 45.9 Å². The molecule has 0 fully saturated rings. The highest BCUT2D eigenvalue weighted by Gasteiger charge is 2.19. The average Bonchev–Trinajstić information content (AvgIpc) is 2.37. The first-order valence-corrected chi connectivity index (χ1v) is 7.42. The molecule has 1 unspecified atom stereocenters. The van der Waals surface area contributed by atoms with Gasteiger partial charge in [-0.15, -0.1) is 0 Å². The van der Waals surface area contributed by atoms with Gasteiger partial charge in [-0.25, -0.2) is 0 Å². The highest BCUT2D eigenvalue weighted by molar-refractivity contribution is 5.44. The summed E-state index contributed by atoms with van der Waals surface area (Å²) in [4.78, 5) is 0. The van der Waals surface area contributed by atoms with E-state index in [1.54, 1.807) is 0 Å². The maximum atomic E-state index is 6.15. The summed E-state index contributed by atoms with van der Waals surface area (Å²) in [7, 11) is 0. The van der Waals surface area contributed by atoms with E-state index < -0.39 is 0 Å². The van der Waals surface area contributed by atoms with Crippen LogP contribution < -0.4 is 10.5 Å². The third kappa shape index (κ3) is 3.85. The van der Waals surface area contributed by atoms with Gasteiger partial charge < -0.3 is 10.5 Å². The first-order chi connectivity index (χ1) is 9.77. The number of rotatable bonds is 3. The zero-order valence-corrected chi connectivity index (χ0v) is 13.6. The molecule has 2 aromatic carbocycles. The monoisotopic (exact) mass is 283 g/mol. The number of hydrogen-bond acceptors (Lipinski definition) is 2. The molecule has 0 radical (unpaired) electrons. The molecule has 0 saturated carbocycles. The zero-order chi connectivity index (χ0) is 15.6. The van der Waals surface area contributed by atoms with Gasteiger partial charge in [0.1, 0.15) is 11.5 Å². The fourth-order valence-electron chi connectivity index (χ4n) is 2.32. The zero-order valence-electron chi connectivity index (χ0n) is 13.6. The maximum absolute atomic E-state index is 6.15. The normalized spacial score (nSPS) is 13.0. The Kier molecular flexibility index (Phi) is 4.38. The van der Waals surface area contributed by atoms with Crippen LogP contribution in [0.4, 0.5) is 0 Å². The Morgan fingerprint density at radius 1 is 1.05 bits per heavy atom. The third-order valence-corrected chi connectivity index (χ3v) is 3.56. The minimum Gasteiger partial charge on any atom is -0.457 e. The Morgan fingerprint density at radius 3 is 2.38 bits per heavy atom. The third-order valence-electron chi connectivity index (χ3n) is 3.56. The number of ether oxygens (including phenoxy) is 1. The smallest absolute Gasteiger partial charge is 0.131 e. The molecule has 2 aromatic rings. The Hall–Kier alpha value is -1.80. The quantitative estimate of drug-likeness (QED) is 0.850. The fourth-order valence-corrected chi connectivity index (χ4v) is 2.32. The summed E-state index contributed by atoms with van der Waals surface area (Å²) in [5, 5.41) is 0. The van der Waals surface area contributed by atoms with Gasteiger partial charge in [0.2, 0.25) is 0 Å². The molecule has 0 aliphatic carbocycles. The van der Waals surface area contributed by atoms with Crippen molar-refractivity contribution >= 4 is 0 Å². The van der Waals surface area contributed by atoms with Gasteiger partial charge in [-0.1, -0.05) is 45.0 Å². The van der Waals surface area contributed by atoms with Crippen LogP contribution in [0.3, 0.4) is 0 Å². The van der Waals surface area contributed by atoms with E-state index >= 15 is 0 Å². The molecule has 0 aliphatic heterocycles. The highest BCUT2D eigenvalue weighted by atomic mass is 16.5. The molecule has 1 atom stereocenters. The van der Waals surface area contributed by atoms with Gasteiger partial charge in [0.15, 0.2) is 0 Å². The number of nitrogens with two attached hydrogens (primary N) is 1. The fraction of sp³-hybridized carbons (Fsp3) is 0.368. The SMILES string of the molecule is Cc1ccc(C(C)(C)C)c(Oc2cccc(C(C)N)c2)c1. The lowest BCUT2D eigenvalue weighted by Gasteiger charge is -2.23. The molecular weight excluding hydrogens is 258 g/mol. The van der Waals surface area contributed by atoms with Gasteiger partial charge in [-0.3, -0.25) is 0 Å². The molecule has 2 nitrogen and oxygen atoms in total. The van der Waals surface area contributed by atoms with Crippen molar-refractivity contribution in [2.45, 2.75) is 46.1 Å². The van der Waals surface area contributed by atoms with Gasteiger partial charge in [-0.05, 0) is 48.6 Å². The van der Waals surface area contributed by atoms with Gasteiger partial charge >= 0.3 is 0 Å². The van der Waals surface area contributed by atoms with Crippen LogP contribution in [0.5, 0.6) is 11.5 Å². The molecule has 2 rings (SSSR count). The maximum Gasteiger partial charge on any atom is 0.131 e. The summed E-state index contributed by atoms with van der Waals surface area (Å²) in [6.45, 7) is 10.7. The van der Waals surface area contributed by atoms with Crippen molar-refractivity contribution in [2.24, 2.45) is 5.73 Å².